The maximum Gasteiger partial charge on any atom is 0.309 e. The van der Waals surface area contributed by atoms with E-state index in [2.05, 4.69) is 10.3 Å². The number of halogens is 1. The summed E-state index contributed by atoms with van der Waals surface area (Å²) in [7, 11) is 0. The van der Waals surface area contributed by atoms with Gasteiger partial charge in [-0.05, 0) is 43.2 Å². The predicted molar refractivity (Wildman–Crippen MR) is 132 cm³/mol. The van der Waals surface area contributed by atoms with Crippen molar-refractivity contribution in [1.29, 1.82) is 0 Å². The summed E-state index contributed by atoms with van der Waals surface area (Å²) >= 11 is 6.01. The molecular formula is C27H23ClN2O4. The number of hydrogen-bond donors (Lipinski definition) is 2. The van der Waals surface area contributed by atoms with Crippen LogP contribution in [0.5, 0.6) is 0 Å². The fourth-order valence-corrected chi connectivity index (χ4v) is 3.60. The average molecular weight is 475 g/mol. The first-order valence-corrected chi connectivity index (χ1v) is 11.0. The summed E-state index contributed by atoms with van der Waals surface area (Å²) in [5, 5.41) is 12.9. The Balaban J connectivity index is 1.44. The van der Waals surface area contributed by atoms with Gasteiger partial charge in [0.25, 0.3) is 6.01 Å². The number of oxazole rings is 1. The summed E-state index contributed by atoms with van der Waals surface area (Å²) in [6, 6.07) is 22.6. The van der Waals surface area contributed by atoms with Gasteiger partial charge in [-0.3, -0.25) is 9.59 Å². The number of hydrogen-bond acceptors (Lipinski definition) is 5. The number of Topliss-reactive ketones (excluding diaryl/α,β-unsaturated/α-hetero) is 1. The van der Waals surface area contributed by atoms with Gasteiger partial charge >= 0.3 is 5.97 Å². The number of aliphatic carboxylic acids is 1. The van der Waals surface area contributed by atoms with Crippen LogP contribution < -0.4 is 5.32 Å². The monoisotopic (exact) mass is 474 g/mol. The number of ketones is 1. The van der Waals surface area contributed by atoms with Gasteiger partial charge in [0.1, 0.15) is 0 Å². The molecule has 0 aliphatic carbocycles. The SMILES string of the molecule is CC(C)(CC(=O)c1ccc(-c2ccc(-c3cnc(Nc4cccc(Cl)c4)o3)cc2)cc1)C(=O)O. The lowest BCUT2D eigenvalue weighted by Gasteiger charge is -2.17. The first-order valence-electron chi connectivity index (χ1n) is 10.7. The molecule has 0 fully saturated rings. The Morgan fingerprint density at radius 3 is 2.21 bits per heavy atom. The topological polar surface area (TPSA) is 92.4 Å². The van der Waals surface area contributed by atoms with E-state index in [-0.39, 0.29) is 12.2 Å². The van der Waals surface area contributed by atoms with Gasteiger partial charge in [0.05, 0.1) is 11.6 Å². The van der Waals surface area contributed by atoms with Crippen LogP contribution in [0.15, 0.2) is 83.4 Å². The van der Waals surface area contributed by atoms with Crippen LogP contribution in [0.4, 0.5) is 11.7 Å². The fourth-order valence-electron chi connectivity index (χ4n) is 3.41. The van der Waals surface area contributed by atoms with Crippen LogP contribution in [-0.2, 0) is 4.79 Å². The minimum atomic E-state index is -1.10. The molecule has 2 N–H and O–H groups in total. The van der Waals surface area contributed by atoms with Crippen molar-refractivity contribution in [3.8, 4) is 22.5 Å². The van der Waals surface area contributed by atoms with Crippen LogP contribution >= 0.6 is 11.6 Å². The van der Waals surface area contributed by atoms with Crippen LogP contribution in [0.25, 0.3) is 22.5 Å². The Hall–Kier alpha value is -3.90. The molecule has 4 rings (SSSR count). The number of nitrogens with zero attached hydrogens (tertiary/aromatic N) is 1. The molecule has 3 aromatic carbocycles. The minimum Gasteiger partial charge on any atom is -0.481 e. The first kappa shape index (κ1) is 23.3. The van der Waals surface area contributed by atoms with Crippen molar-refractivity contribution in [2.24, 2.45) is 5.41 Å². The van der Waals surface area contributed by atoms with Crippen LogP contribution in [0, 0.1) is 5.41 Å². The zero-order chi connectivity index (χ0) is 24.3. The highest BCUT2D eigenvalue weighted by molar-refractivity contribution is 6.30. The van der Waals surface area contributed by atoms with Crippen molar-refractivity contribution < 1.29 is 19.1 Å². The molecule has 0 saturated heterocycles. The summed E-state index contributed by atoms with van der Waals surface area (Å²) in [4.78, 5) is 28.0. The van der Waals surface area contributed by atoms with E-state index in [0.717, 1.165) is 22.4 Å². The number of nitrogens with one attached hydrogen (secondary N) is 1. The second kappa shape index (κ2) is 9.53. The van der Waals surface area contributed by atoms with Gasteiger partial charge in [0, 0.05) is 28.3 Å². The van der Waals surface area contributed by atoms with Gasteiger partial charge in [-0.25, -0.2) is 4.98 Å². The van der Waals surface area contributed by atoms with E-state index < -0.39 is 11.4 Å². The third kappa shape index (κ3) is 5.35. The standard InChI is InChI=1S/C27H23ClN2O4/c1-27(2,25(32)33)15-23(31)19-10-6-17(7-11-19)18-8-12-20(13-9-18)24-16-29-26(34-24)30-22-5-3-4-21(28)14-22/h3-14,16H,15H2,1-2H3,(H,29,30)(H,32,33). The van der Waals surface area contributed by atoms with Crippen molar-refractivity contribution in [1.82, 2.24) is 4.98 Å². The smallest absolute Gasteiger partial charge is 0.309 e. The predicted octanol–water partition coefficient (Wildman–Crippen LogP) is 7.09. The van der Waals surface area contributed by atoms with Crippen molar-refractivity contribution in [3.63, 3.8) is 0 Å². The van der Waals surface area contributed by atoms with Crippen LogP contribution in [0.2, 0.25) is 5.02 Å². The van der Waals surface area contributed by atoms with Crippen molar-refractivity contribution in [3.05, 3.63) is 89.6 Å². The number of carbonyl (C=O) groups is 2. The Morgan fingerprint density at radius 2 is 1.59 bits per heavy atom. The molecule has 34 heavy (non-hydrogen) atoms. The van der Waals surface area contributed by atoms with Crippen molar-refractivity contribution >= 4 is 35.1 Å². The number of carboxylic acid groups (broad SMARTS) is 1. The highest BCUT2D eigenvalue weighted by atomic mass is 35.5. The minimum absolute atomic E-state index is 0.0539. The molecule has 0 aliphatic heterocycles. The molecule has 0 spiro atoms. The molecule has 6 nitrogen and oxygen atoms in total. The normalized spacial score (nSPS) is 11.3. The van der Waals surface area contributed by atoms with E-state index in [9.17, 15) is 14.7 Å². The van der Waals surface area contributed by atoms with Crippen molar-refractivity contribution in [2.45, 2.75) is 20.3 Å². The Bertz CT molecular complexity index is 1330. The number of carbonyl (C=O) groups excluding carboxylic acids is 1. The molecule has 1 aromatic heterocycles. The summed E-state index contributed by atoms with van der Waals surface area (Å²) in [5.74, 6) is -0.559. The van der Waals surface area contributed by atoms with E-state index in [4.69, 9.17) is 16.0 Å². The van der Waals surface area contributed by atoms with Crippen LogP contribution in [-0.4, -0.2) is 21.8 Å². The zero-order valence-corrected chi connectivity index (χ0v) is 19.5. The fraction of sp³-hybridized carbons (Fsp3) is 0.148. The van der Waals surface area contributed by atoms with Gasteiger partial charge in [-0.2, -0.15) is 0 Å². The maximum atomic E-state index is 12.5. The second-order valence-electron chi connectivity index (χ2n) is 8.61. The van der Waals surface area contributed by atoms with Crippen molar-refractivity contribution in [2.75, 3.05) is 5.32 Å². The quantitative estimate of drug-likeness (QED) is 0.265. The van der Waals surface area contributed by atoms with Gasteiger partial charge in [-0.1, -0.05) is 66.2 Å². The molecule has 0 atom stereocenters. The van der Waals surface area contributed by atoms with Gasteiger partial charge in [0.15, 0.2) is 11.5 Å². The third-order valence-corrected chi connectivity index (χ3v) is 5.71. The van der Waals surface area contributed by atoms with Gasteiger partial charge in [0.2, 0.25) is 0 Å². The highest BCUT2D eigenvalue weighted by Gasteiger charge is 2.30. The molecule has 0 radical (unpaired) electrons. The molecule has 7 heteroatoms. The lowest BCUT2D eigenvalue weighted by molar-refractivity contribution is -0.146. The number of aromatic nitrogens is 1. The molecule has 1 heterocycles. The average Bonchev–Trinajstić information content (AvgIpc) is 3.27. The Morgan fingerprint density at radius 1 is 0.971 bits per heavy atom. The highest BCUT2D eigenvalue weighted by Crippen LogP contribution is 2.29. The Kier molecular flexibility index (Phi) is 6.52. The molecule has 172 valence electrons. The molecule has 0 unspecified atom stereocenters. The molecule has 4 aromatic rings. The second-order valence-corrected chi connectivity index (χ2v) is 9.05. The van der Waals surface area contributed by atoms with E-state index in [1.807, 2.05) is 48.5 Å². The summed E-state index contributed by atoms with van der Waals surface area (Å²) < 4.78 is 5.81. The molecular weight excluding hydrogens is 452 g/mol. The van der Waals surface area contributed by atoms with E-state index in [1.54, 1.807) is 44.3 Å². The largest absolute Gasteiger partial charge is 0.481 e. The lowest BCUT2D eigenvalue weighted by atomic mass is 9.85. The van der Waals surface area contributed by atoms with Gasteiger partial charge in [-0.15, -0.1) is 0 Å². The molecule has 0 aliphatic rings. The van der Waals surface area contributed by atoms with Crippen LogP contribution in [0.3, 0.4) is 0 Å². The van der Waals surface area contributed by atoms with E-state index in [1.165, 1.54) is 0 Å². The zero-order valence-electron chi connectivity index (χ0n) is 18.7. The Labute approximate surface area is 202 Å². The summed E-state index contributed by atoms with van der Waals surface area (Å²) in [6.07, 6.45) is 1.60. The summed E-state index contributed by atoms with van der Waals surface area (Å²) in [5.41, 5.74) is 2.97. The number of carboxylic acids is 1. The first-order chi connectivity index (χ1) is 16.2. The van der Waals surface area contributed by atoms with Crippen LogP contribution in [0.1, 0.15) is 30.6 Å². The van der Waals surface area contributed by atoms with E-state index >= 15 is 0 Å². The number of anilines is 2. The third-order valence-electron chi connectivity index (χ3n) is 5.47. The molecule has 0 saturated carbocycles. The molecule has 0 amide bonds. The number of benzene rings is 3. The molecule has 0 bridgehead atoms. The number of rotatable bonds is 8. The lowest BCUT2D eigenvalue weighted by Crippen LogP contribution is -2.26. The van der Waals surface area contributed by atoms with Gasteiger partial charge < -0.3 is 14.8 Å². The maximum absolute atomic E-state index is 12.5. The summed E-state index contributed by atoms with van der Waals surface area (Å²) in [6.45, 7) is 3.10. The van der Waals surface area contributed by atoms with E-state index in [0.29, 0.717) is 22.4 Å².